The monoisotopic (exact) mass is 285 g/mol. The molecule has 0 unspecified atom stereocenters. The highest BCUT2D eigenvalue weighted by molar-refractivity contribution is 5.38. The van der Waals surface area contributed by atoms with Gasteiger partial charge in [0.25, 0.3) is 0 Å². The second-order valence-corrected chi connectivity index (χ2v) is 6.06. The summed E-state index contributed by atoms with van der Waals surface area (Å²) in [6, 6.07) is 10.5. The minimum atomic E-state index is -0.183. The van der Waals surface area contributed by atoms with Crippen LogP contribution in [-0.4, -0.2) is 16.7 Å². The fourth-order valence-corrected chi connectivity index (χ4v) is 3.09. The van der Waals surface area contributed by atoms with E-state index < -0.39 is 0 Å². The molecule has 2 aromatic rings. The van der Waals surface area contributed by atoms with E-state index in [1.165, 1.54) is 5.56 Å². The Morgan fingerprint density at radius 2 is 1.86 bits per heavy atom. The van der Waals surface area contributed by atoms with Gasteiger partial charge in [-0.3, -0.25) is 0 Å². The quantitative estimate of drug-likeness (QED) is 0.885. The first-order valence-electron chi connectivity index (χ1n) is 7.81. The van der Waals surface area contributed by atoms with Gasteiger partial charge >= 0.3 is 0 Å². The van der Waals surface area contributed by atoms with Gasteiger partial charge in [-0.05, 0) is 31.2 Å². The van der Waals surface area contributed by atoms with Crippen LogP contribution in [0.3, 0.4) is 0 Å². The van der Waals surface area contributed by atoms with E-state index >= 15 is 0 Å². The Bertz CT molecular complexity index is 589. The van der Waals surface area contributed by atoms with Gasteiger partial charge in [0.05, 0.1) is 10.8 Å². The lowest BCUT2D eigenvalue weighted by atomic mass is 9.82. The average molecular weight is 285 g/mol. The molecule has 1 aliphatic carbocycles. The molecule has 1 heterocycles. The molecule has 0 radical (unpaired) electrons. The highest BCUT2D eigenvalue weighted by atomic mass is 16.5. The molecule has 0 bridgehead atoms. The summed E-state index contributed by atoms with van der Waals surface area (Å²) >= 11 is 0. The van der Waals surface area contributed by atoms with Crippen LogP contribution in [0.25, 0.3) is 0 Å². The summed E-state index contributed by atoms with van der Waals surface area (Å²) < 4.78 is 5.61. The third-order valence-electron chi connectivity index (χ3n) is 5.13. The summed E-state index contributed by atoms with van der Waals surface area (Å²) in [5.74, 6) is 1.52. The number of rotatable bonds is 6. The van der Waals surface area contributed by atoms with Crippen molar-refractivity contribution in [2.75, 3.05) is 6.54 Å². The molecule has 0 aliphatic heterocycles. The number of hydrogen-bond donors (Lipinski definition) is 1. The number of aromatic nitrogens is 2. The third-order valence-corrected chi connectivity index (χ3v) is 5.13. The number of hydrogen-bond acceptors (Lipinski definition) is 4. The largest absolute Gasteiger partial charge is 0.339 e. The Kier molecular flexibility index (Phi) is 3.57. The van der Waals surface area contributed by atoms with E-state index in [2.05, 4.69) is 43.3 Å². The zero-order valence-electron chi connectivity index (χ0n) is 12.8. The molecule has 4 heteroatoms. The van der Waals surface area contributed by atoms with Gasteiger partial charge in [0.15, 0.2) is 5.82 Å². The maximum atomic E-state index is 5.98. The van der Waals surface area contributed by atoms with Crippen molar-refractivity contribution in [1.29, 1.82) is 0 Å². The van der Waals surface area contributed by atoms with E-state index in [9.17, 15) is 0 Å². The van der Waals surface area contributed by atoms with E-state index in [-0.39, 0.29) is 10.8 Å². The molecule has 3 rings (SSSR count). The first-order chi connectivity index (χ1) is 10.2. The molecule has 2 N–H and O–H groups in total. The van der Waals surface area contributed by atoms with Crippen LogP contribution in [0, 0.1) is 0 Å². The van der Waals surface area contributed by atoms with Crippen LogP contribution in [0.2, 0.25) is 0 Å². The molecule has 112 valence electrons. The summed E-state index contributed by atoms with van der Waals surface area (Å²) in [6.45, 7) is 4.80. The zero-order chi connectivity index (χ0) is 14.9. The molecular formula is C17H23N3O. The average Bonchev–Trinajstić information content (AvgIpc) is 3.22. The van der Waals surface area contributed by atoms with E-state index in [1.807, 2.05) is 6.07 Å². The third kappa shape index (κ3) is 2.18. The molecule has 21 heavy (non-hydrogen) atoms. The van der Waals surface area contributed by atoms with Crippen molar-refractivity contribution in [3.63, 3.8) is 0 Å². The second-order valence-electron chi connectivity index (χ2n) is 6.06. The van der Waals surface area contributed by atoms with Crippen molar-refractivity contribution in [2.24, 2.45) is 5.73 Å². The van der Waals surface area contributed by atoms with Crippen molar-refractivity contribution >= 4 is 0 Å². The van der Waals surface area contributed by atoms with Gasteiger partial charge in [-0.15, -0.1) is 0 Å². The van der Waals surface area contributed by atoms with Crippen LogP contribution in [0.1, 0.15) is 56.8 Å². The Morgan fingerprint density at radius 3 is 2.38 bits per heavy atom. The van der Waals surface area contributed by atoms with Gasteiger partial charge in [-0.2, -0.15) is 4.98 Å². The molecule has 1 aromatic heterocycles. The molecule has 1 fully saturated rings. The Hall–Kier alpha value is -1.68. The maximum absolute atomic E-state index is 5.98. The normalized spacial score (nSPS) is 16.9. The fraction of sp³-hybridized carbons (Fsp3) is 0.529. The maximum Gasteiger partial charge on any atom is 0.234 e. The summed E-state index contributed by atoms with van der Waals surface area (Å²) in [4.78, 5) is 4.75. The van der Waals surface area contributed by atoms with Crippen LogP contribution in [0.5, 0.6) is 0 Å². The Balaban J connectivity index is 1.96. The molecular weight excluding hydrogens is 262 g/mol. The first-order valence-corrected chi connectivity index (χ1v) is 7.81. The van der Waals surface area contributed by atoms with Gasteiger partial charge in [-0.1, -0.05) is 49.3 Å². The number of nitrogens with zero attached hydrogens (tertiary/aromatic N) is 2. The Morgan fingerprint density at radius 1 is 1.19 bits per heavy atom. The molecule has 0 atom stereocenters. The van der Waals surface area contributed by atoms with E-state index in [4.69, 9.17) is 15.2 Å². The van der Waals surface area contributed by atoms with Crippen LogP contribution in [0.4, 0.5) is 0 Å². The van der Waals surface area contributed by atoms with Crippen LogP contribution in [0.15, 0.2) is 34.9 Å². The van der Waals surface area contributed by atoms with Gasteiger partial charge < -0.3 is 10.3 Å². The summed E-state index contributed by atoms with van der Waals surface area (Å²) in [7, 11) is 0. The summed E-state index contributed by atoms with van der Waals surface area (Å²) in [6.07, 6.45) is 4.01. The van der Waals surface area contributed by atoms with Crippen molar-refractivity contribution in [3.05, 3.63) is 47.6 Å². The highest BCUT2D eigenvalue weighted by Crippen LogP contribution is 2.52. The highest BCUT2D eigenvalue weighted by Gasteiger charge is 2.50. The predicted octanol–water partition coefficient (Wildman–Crippen LogP) is 3.17. The van der Waals surface area contributed by atoms with E-state index in [0.29, 0.717) is 12.4 Å². The van der Waals surface area contributed by atoms with E-state index in [1.54, 1.807) is 0 Å². The smallest absolute Gasteiger partial charge is 0.234 e. The molecule has 0 saturated heterocycles. The van der Waals surface area contributed by atoms with Crippen LogP contribution < -0.4 is 5.73 Å². The molecule has 1 aliphatic rings. The van der Waals surface area contributed by atoms with Crippen molar-refractivity contribution in [3.8, 4) is 0 Å². The minimum Gasteiger partial charge on any atom is -0.339 e. The first kappa shape index (κ1) is 14.3. The topological polar surface area (TPSA) is 64.9 Å². The molecule has 4 nitrogen and oxygen atoms in total. The van der Waals surface area contributed by atoms with Crippen LogP contribution >= 0.6 is 0 Å². The molecule has 1 saturated carbocycles. The summed E-state index contributed by atoms with van der Waals surface area (Å²) in [5.41, 5.74) is 7.04. The van der Waals surface area contributed by atoms with Crippen molar-refractivity contribution in [2.45, 2.75) is 50.4 Å². The SMILES string of the molecule is CCC(CC)(CN)c1nc(C2(c3ccccc3)CC2)no1. The van der Waals surface area contributed by atoms with Gasteiger partial charge in [0.2, 0.25) is 5.89 Å². The lowest BCUT2D eigenvalue weighted by Gasteiger charge is -2.25. The lowest BCUT2D eigenvalue weighted by Crippen LogP contribution is -2.34. The lowest BCUT2D eigenvalue weighted by molar-refractivity contribution is 0.266. The number of benzene rings is 1. The fourth-order valence-electron chi connectivity index (χ4n) is 3.09. The van der Waals surface area contributed by atoms with Gasteiger partial charge in [0, 0.05) is 6.54 Å². The molecule has 0 spiro atoms. The Labute approximate surface area is 125 Å². The second kappa shape index (κ2) is 5.26. The van der Waals surface area contributed by atoms with Crippen molar-refractivity contribution in [1.82, 2.24) is 10.1 Å². The van der Waals surface area contributed by atoms with E-state index in [0.717, 1.165) is 31.5 Å². The standard InChI is InChI=1S/C17H23N3O/c1-3-16(4-2,12-18)15-19-14(20-21-15)17(10-11-17)13-8-6-5-7-9-13/h5-9H,3-4,10-12,18H2,1-2H3. The van der Waals surface area contributed by atoms with Gasteiger partial charge in [-0.25, -0.2) is 0 Å². The summed E-state index contributed by atoms with van der Waals surface area (Å²) in [5, 5.41) is 4.29. The van der Waals surface area contributed by atoms with Crippen LogP contribution in [-0.2, 0) is 10.8 Å². The minimum absolute atomic E-state index is 0.0369. The zero-order valence-corrected chi connectivity index (χ0v) is 12.8. The molecule has 0 amide bonds. The number of nitrogens with two attached hydrogens (primary N) is 1. The predicted molar refractivity (Wildman–Crippen MR) is 82.1 cm³/mol. The van der Waals surface area contributed by atoms with Crippen molar-refractivity contribution < 1.29 is 4.52 Å². The molecule has 1 aromatic carbocycles. The van der Waals surface area contributed by atoms with Gasteiger partial charge in [0.1, 0.15) is 0 Å².